The predicted octanol–water partition coefficient (Wildman–Crippen LogP) is 2.49. The van der Waals surface area contributed by atoms with E-state index in [-0.39, 0.29) is 11.8 Å². The third-order valence-corrected chi connectivity index (χ3v) is 4.57. The van der Waals surface area contributed by atoms with Crippen LogP contribution in [0.15, 0.2) is 36.7 Å². The maximum Gasteiger partial charge on any atom is 0.257 e. The van der Waals surface area contributed by atoms with Crippen LogP contribution in [0.25, 0.3) is 11.3 Å². The number of aromatic nitrogens is 4. The first-order valence-corrected chi connectivity index (χ1v) is 9.49. The fraction of sp³-hybridized carbons (Fsp3) is 0.273. The van der Waals surface area contributed by atoms with Gasteiger partial charge in [0.2, 0.25) is 0 Å². The number of amides is 2. The van der Waals surface area contributed by atoms with E-state index in [1.165, 1.54) is 11.1 Å². The van der Waals surface area contributed by atoms with E-state index in [9.17, 15) is 9.59 Å². The van der Waals surface area contributed by atoms with Crippen molar-refractivity contribution in [3.8, 4) is 11.3 Å². The van der Waals surface area contributed by atoms with E-state index in [1.807, 2.05) is 24.3 Å². The Bertz CT molecular complexity index is 1090. The highest BCUT2D eigenvalue weighted by atomic mass is 16.2. The molecule has 1 N–H and O–H groups in total. The van der Waals surface area contributed by atoms with Crippen molar-refractivity contribution in [2.24, 2.45) is 0 Å². The number of carbonyl (C=O) groups excluding carboxylic acids is 2. The molecular weight excluding hydrogens is 380 g/mol. The molecule has 3 rings (SSSR count). The molecule has 0 aliphatic heterocycles. The first kappa shape index (κ1) is 21.0. The summed E-state index contributed by atoms with van der Waals surface area (Å²) < 4.78 is 0. The van der Waals surface area contributed by atoms with E-state index in [2.05, 4.69) is 25.3 Å². The summed E-state index contributed by atoms with van der Waals surface area (Å²) in [5.41, 5.74) is 3.87. The van der Waals surface area contributed by atoms with Gasteiger partial charge in [-0.15, -0.1) is 0 Å². The molecule has 0 bridgehead atoms. The average Bonchev–Trinajstić information content (AvgIpc) is 2.71. The van der Waals surface area contributed by atoms with Gasteiger partial charge in [-0.3, -0.25) is 9.59 Å². The molecule has 0 aliphatic rings. The van der Waals surface area contributed by atoms with E-state index in [0.717, 1.165) is 11.1 Å². The number of aryl methyl sites for hydroxylation is 3. The lowest BCUT2D eigenvalue weighted by Crippen LogP contribution is -2.24. The highest BCUT2D eigenvalue weighted by Gasteiger charge is 2.17. The van der Waals surface area contributed by atoms with Crippen molar-refractivity contribution in [2.45, 2.75) is 27.3 Å². The summed E-state index contributed by atoms with van der Waals surface area (Å²) >= 11 is 0. The maximum absolute atomic E-state index is 12.5. The van der Waals surface area contributed by atoms with Crippen LogP contribution in [0.2, 0.25) is 0 Å². The molecule has 8 nitrogen and oxygen atoms in total. The average molecular weight is 404 g/mol. The van der Waals surface area contributed by atoms with Gasteiger partial charge in [0.25, 0.3) is 11.8 Å². The Morgan fingerprint density at radius 2 is 1.50 bits per heavy atom. The molecule has 2 amide bonds. The minimum atomic E-state index is -0.220. The summed E-state index contributed by atoms with van der Waals surface area (Å²) in [6.45, 7) is 5.72. The lowest BCUT2D eigenvalue weighted by molar-refractivity contribution is 0.0827. The highest BCUT2D eigenvalue weighted by Crippen LogP contribution is 2.23. The van der Waals surface area contributed by atoms with E-state index in [1.54, 1.807) is 41.1 Å². The number of nitrogens with one attached hydrogen (secondary N) is 1. The molecule has 2 aromatic heterocycles. The van der Waals surface area contributed by atoms with Gasteiger partial charge in [0.1, 0.15) is 11.6 Å². The predicted molar refractivity (Wildman–Crippen MR) is 113 cm³/mol. The number of rotatable bonds is 5. The molecule has 0 radical (unpaired) electrons. The van der Waals surface area contributed by atoms with E-state index < -0.39 is 0 Å². The molecular formula is C22H24N6O2. The van der Waals surface area contributed by atoms with Gasteiger partial charge in [-0.2, -0.15) is 0 Å². The van der Waals surface area contributed by atoms with Crippen molar-refractivity contribution in [3.63, 3.8) is 0 Å². The summed E-state index contributed by atoms with van der Waals surface area (Å²) in [5, 5.41) is 2.88. The van der Waals surface area contributed by atoms with Crippen LogP contribution < -0.4 is 5.32 Å². The molecule has 30 heavy (non-hydrogen) atoms. The van der Waals surface area contributed by atoms with Crippen molar-refractivity contribution in [1.29, 1.82) is 0 Å². The molecule has 0 saturated carbocycles. The summed E-state index contributed by atoms with van der Waals surface area (Å²) in [5.74, 6) is 0.845. The fourth-order valence-electron chi connectivity index (χ4n) is 2.95. The number of hydrogen-bond acceptors (Lipinski definition) is 6. The fourth-order valence-corrected chi connectivity index (χ4v) is 2.95. The Kier molecular flexibility index (Phi) is 6.15. The van der Waals surface area contributed by atoms with Crippen molar-refractivity contribution in [3.05, 3.63) is 70.7 Å². The standard InChI is InChI=1S/C22H24N6O2/c1-13-18(11-23-14(2)26-13)21(29)25-10-16-6-8-17(9-7-16)20-19(22(30)28(4)5)12-24-15(3)27-20/h6-9,11-12H,10H2,1-5H3,(H,25,29). The van der Waals surface area contributed by atoms with Crippen LogP contribution >= 0.6 is 0 Å². The second kappa shape index (κ2) is 8.77. The third-order valence-electron chi connectivity index (χ3n) is 4.57. The summed E-state index contributed by atoms with van der Waals surface area (Å²) in [7, 11) is 3.39. The Hall–Kier alpha value is -3.68. The molecule has 1 aromatic carbocycles. The molecule has 3 aromatic rings. The third kappa shape index (κ3) is 4.65. The van der Waals surface area contributed by atoms with Crippen LogP contribution in [0.1, 0.15) is 43.6 Å². The van der Waals surface area contributed by atoms with Crippen LogP contribution in [-0.4, -0.2) is 50.7 Å². The summed E-state index contributed by atoms with van der Waals surface area (Å²) in [6.07, 6.45) is 3.09. The van der Waals surface area contributed by atoms with Crippen molar-refractivity contribution >= 4 is 11.8 Å². The molecule has 0 aliphatic carbocycles. The van der Waals surface area contributed by atoms with Gasteiger partial charge < -0.3 is 10.2 Å². The van der Waals surface area contributed by atoms with Crippen LogP contribution in [-0.2, 0) is 6.54 Å². The monoisotopic (exact) mass is 404 g/mol. The minimum absolute atomic E-state index is 0.156. The Morgan fingerprint density at radius 1 is 0.900 bits per heavy atom. The summed E-state index contributed by atoms with van der Waals surface area (Å²) in [4.78, 5) is 43.3. The SMILES string of the molecule is Cc1ncc(C(=O)NCc2ccc(-c3nc(C)ncc3C(=O)N(C)C)cc2)c(C)n1. The quantitative estimate of drug-likeness (QED) is 0.701. The molecule has 0 fully saturated rings. The van der Waals surface area contributed by atoms with Gasteiger partial charge >= 0.3 is 0 Å². The summed E-state index contributed by atoms with van der Waals surface area (Å²) in [6, 6.07) is 7.57. The van der Waals surface area contributed by atoms with Crippen LogP contribution in [0.4, 0.5) is 0 Å². The molecule has 0 saturated heterocycles. The first-order valence-electron chi connectivity index (χ1n) is 9.49. The van der Waals surface area contributed by atoms with E-state index >= 15 is 0 Å². The second-order valence-corrected chi connectivity index (χ2v) is 7.17. The lowest BCUT2D eigenvalue weighted by atomic mass is 10.0. The van der Waals surface area contributed by atoms with E-state index in [0.29, 0.717) is 40.7 Å². The number of hydrogen-bond donors (Lipinski definition) is 1. The normalized spacial score (nSPS) is 10.6. The largest absolute Gasteiger partial charge is 0.348 e. The van der Waals surface area contributed by atoms with Gasteiger partial charge in [-0.1, -0.05) is 24.3 Å². The number of benzene rings is 1. The second-order valence-electron chi connectivity index (χ2n) is 7.17. The molecule has 0 unspecified atom stereocenters. The first-order chi connectivity index (χ1) is 14.3. The zero-order valence-corrected chi connectivity index (χ0v) is 17.7. The van der Waals surface area contributed by atoms with Gasteiger partial charge in [0, 0.05) is 38.6 Å². The number of carbonyl (C=O) groups is 2. The Morgan fingerprint density at radius 3 is 2.10 bits per heavy atom. The molecule has 8 heteroatoms. The minimum Gasteiger partial charge on any atom is -0.348 e. The smallest absolute Gasteiger partial charge is 0.257 e. The van der Waals surface area contributed by atoms with Crippen molar-refractivity contribution < 1.29 is 9.59 Å². The maximum atomic E-state index is 12.5. The van der Waals surface area contributed by atoms with Gasteiger partial charge in [-0.05, 0) is 26.3 Å². The van der Waals surface area contributed by atoms with Gasteiger partial charge in [-0.25, -0.2) is 19.9 Å². The molecule has 2 heterocycles. The van der Waals surface area contributed by atoms with Crippen LogP contribution in [0.3, 0.4) is 0 Å². The van der Waals surface area contributed by atoms with Crippen molar-refractivity contribution in [2.75, 3.05) is 14.1 Å². The Balaban J connectivity index is 1.77. The zero-order valence-electron chi connectivity index (χ0n) is 17.7. The highest BCUT2D eigenvalue weighted by molar-refractivity contribution is 5.99. The van der Waals surface area contributed by atoms with Crippen LogP contribution in [0.5, 0.6) is 0 Å². The van der Waals surface area contributed by atoms with Gasteiger partial charge in [0.15, 0.2) is 0 Å². The van der Waals surface area contributed by atoms with Gasteiger partial charge in [0.05, 0.1) is 22.5 Å². The Labute approximate surface area is 175 Å². The van der Waals surface area contributed by atoms with Crippen LogP contribution in [0, 0.1) is 20.8 Å². The molecule has 0 atom stereocenters. The topological polar surface area (TPSA) is 101 Å². The molecule has 154 valence electrons. The van der Waals surface area contributed by atoms with Crippen molar-refractivity contribution in [1.82, 2.24) is 30.2 Å². The zero-order chi connectivity index (χ0) is 21.8. The lowest BCUT2D eigenvalue weighted by Gasteiger charge is -2.14. The number of nitrogens with zero attached hydrogens (tertiary/aromatic N) is 5. The molecule has 0 spiro atoms. The van der Waals surface area contributed by atoms with E-state index in [4.69, 9.17) is 0 Å².